The average Bonchev–Trinajstić information content (AvgIpc) is 2.52. The van der Waals surface area contributed by atoms with Gasteiger partial charge in [0.15, 0.2) is 0 Å². The van der Waals surface area contributed by atoms with Crippen LogP contribution in [0.15, 0.2) is 54.6 Å². The molecule has 3 nitrogen and oxygen atoms in total. The lowest BCUT2D eigenvalue weighted by molar-refractivity contribution is 0.413. The maximum atomic E-state index is 9.29. The summed E-state index contributed by atoms with van der Waals surface area (Å²) in [6, 6.07) is 19.8. The Labute approximate surface area is 119 Å². The van der Waals surface area contributed by atoms with Crippen LogP contribution in [0.25, 0.3) is 0 Å². The predicted molar refractivity (Wildman–Crippen MR) is 79.5 cm³/mol. The van der Waals surface area contributed by atoms with Crippen LogP contribution in [0.1, 0.15) is 17.2 Å². The Kier molecular flexibility index (Phi) is 5.16. The zero-order valence-electron chi connectivity index (χ0n) is 11.5. The maximum absolute atomic E-state index is 9.29. The third kappa shape index (κ3) is 3.84. The van der Waals surface area contributed by atoms with Crippen molar-refractivity contribution in [3.63, 3.8) is 0 Å². The van der Waals surface area contributed by atoms with Gasteiger partial charge in [-0.05, 0) is 29.7 Å². The average molecular weight is 266 g/mol. The van der Waals surface area contributed by atoms with Gasteiger partial charge in [0.1, 0.15) is 11.8 Å². The number of methoxy groups -OCH3 is 1. The maximum Gasteiger partial charge on any atom is 0.121 e. The lowest BCUT2D eigenvalue weighted by Crippen LogP contribution is -2.22. The van der Waals surface area contributed by atoms with E-state index < -0.39 is 0 Å². The van der Waals surface area contributed by atoms with Gasteiger partial charge in [0.05, 0.1) is 13.2 Å². The van der Waals surface area contributed by atoms with Gasteiger partial charge in [0.25, 0.3) is 0 Å². The first-order chi connectivity index (χ1) is 9.83. The third-order valence-corrected chi connectivity index (χ3v) is 3.16. The molecule has 1 unspecified atom stereocenters. The first-order valence-electron chi connectivity index (χ1n) is 6.64. The van der Waals surface area contributed by atoms with Crippen LogP contribution in [0, 0.1) is 11.3 Å². The smallest absolute Gasteiger partial charge is 0.121 e. The first-order valence-corrected chi connectivity index (χ1v) is 6.64. The molecule has 2 aromatic carbocycles. The van der Waals surface area contributed by atoms with E-state index in [-0.39, 0.29) is 6.04 Å². The second kappa shape index (κ2) is 7.32. The highest BCUT2D eigenvalue weighted by atomic mass is 16.5. The minimum Gasteiger partial charge on any atom is -0.497 e. The second-order valence-corrected chi connectivity index (χ2v) is 4.53. The Bertz CT molecular complexity index is 575. The number of nitrogens with zero attached hydrogens (tertiary/aromatic N) is 1. The highest BCUT2D eigenvalue weighted by Crippen LogP contribution is 2.18. The van der Waals surface area contributed by atoms with Crippen molar-refractivity contribution in [2.24, 2.45) is 0 Å². The van der Waals surface area contributed by atoms with E-state index in [0.717, 1.165) is 24.3 Å². The fourth-order valence-corrected chi connectivity index (χ4v) is 2.06. The van der Waals surface area contributed by atoms with Gasteiger partial charge in [0.2, 0.25) is 0 Å². The summed E-state index contributed by atoms with van der Waals surface area (Å²) in [6.45, 7) is 0.763. The molecule has 0 spiro atoms. The topological polar surface area (TPSA) is 45.0 Å². The number of nitrogens with one attached hydrogen (secondary N) is 1. The van der Waals surface area contributed by atoms with Gasteiger partial charge >= 0.3 is 0 Å². The highest BCUT2D eigenvalue weighted by molar-refractivity contribution is 5.33. The van der Waals surface area contributed by atoms with Crippen molar-refractivity contribution in [2.75, 3.05) is 13.7 Å². The molecule has 0 aliphatic heterocycles. The lowest BCUT2D eigenvalue weighted by atomic mass is 10.1. The Balaban J connectivity index is 1.94. The molecule has 1 atom stereocenters. The largest absolute Gasteiger partial charge is 0.497 e. The Morgan fingerprint density at radius 1 is 1.15 bits per heavy atom. The fourth-order valence-electron chi connectivity index (χ4n) is 2.06. The third-order valence-electron chi connectivity index (χ3n) is 3.16. The molecule has 2 aromatic rings. The SMILES string of the molecule is COc1cccc(C(C#N)NCCc2ccccc2)c1. The van der Waals surface area contributed by atoms with Crippen LogP contribution in [0.3, 0.4) is 0 Å². The van der Waals surface area contributed by atoms with Gasteiger partial charge in [-0.2, -0.15) is 5.26 Å². The van der Waals surface area contributed by atoms with E-state index in [4.69, 9.17) is 4.74 Å². The molecule has 102 valence electrons. The van der Waals surface area contributed by atoms with Crippen molar-refractivity contribution in [3.8, 4) is 11.8 Å². The van der Waals surface area contributed by atoms with Crippen molar-refractivity contribution in [3.05, 3.63) is 65.7 Å². The molecule has 20 heavy (non-hydrogen) atoms. The van der Waals surface area contributed by atoms with Crippen LogP contribution in [0.2, 0.25) is 0 Å². The molecule has 0 aromatic heterocycles. The summed E-state index contributed by atoms with van der Waals surface area (Å²) in [4.78, 5) is 0. The molecule has 1 N–H and O–H groups in total. The summed E-state index contributed by atoms with van der Waals surface area (Å²) in [5.41, 5.74) is 2.20. The number of ether oxygens (including phenoxy) is 1. The summed E-state index contributed by atoms with van der Waals surface area (Å²) < 4.78 is 5.19. The molecule has 0 bridgehead atoms. The second-order valence-electron chi connectivity index (χ2n) is 4.53. The number of rotatable bonds is 6. The minimum absolute atomic E-state index is 0.311. The van der Waals surface area contributed by atoms with Crippen LogP contribution in [-0.2, 0) is 6.42 Å². The van der Waals surface area contributed by atoms with E-state index in [1.165, 1.54) is 5.56 Å². The van der Waals surface area contributed by atoms with Crippen LogP contribution < -0.4 is 10.1 Å². The zero-order valence-corrected chi connectivity index (χ0v) is 11.5. The first kappa shape index (κ1) is 14.1. The van der Waals surface area contributed by atoms with Gasteiger partial charge in [-0.25, -0.2) is 0 Å². The van der Waals surface area contributed by atoms with Gasteiger partial charge in [-0.1, -0.05) is 42.5 Å². The summed E-state index contributed by atoms with van der Waals surface area (Å²) in [7, 11) is 1.63. The van der Waals surface area contributed by atoms with Gasteiger partial charge in [0, 0.05) is 6.54 Å². The molecular formula is C17H18N2O. The molecule has 2 rings (SSSR count). The molecule has 0 heterocycles. The number of nitriles is 1. The van der Waals surface area contributed by atoms with Crippen LogP contribution in [0.5, 0.6) is 5.75 Å². The van der Waals surface area contributed by atoms with Crippen LogP contribution >= 0.6 is 0 Å². The number of hydrogen-bond donors (Lipinski definition) is 1. The van der Waals surface area contributed by atoms with E-state index in [1.807, 2.05) is 42.5 Å². The summed E-state index contributed by atoms with van der Waals surface area (Å²) in [5.74, 6) is 0.771. The standard InChI is InChI=1S/C17H18N2O/c1-20-16-9-5-8-15(12-16)17(13-18)19-11-10-14-6-3-2-4-7-14/h2-9,12,17,19H,10-11H2,1H3. The fraction of sp³-hybridized carbons (Fsp3) is 0.235. The summed E-state index contributed by atoms with van der Waals surface area (Å²) >= 11 is 0. The van der Waals surface area contributed by atoms with Crippen molar-refractivity contribution >= 4 is 0 Å². The van der Waals surface area contributed by atoms with E-state index in [9.17, 15) is 5.26 Å². The van der Waals surface area contributed by atoms with Crippen molar-refractivity contribution in [1.82, 2.24) is 5.32 Å². The van der Waals surface area contributed by atoms with Crippen molar-refractivity contribution in [1.29, 1.82) is 5.26 Å². The van der Waals surface area contributed by atoms with E-state index in [2.05, 4.69) is 23.5 Å². The molecule has 0 aliphatic rings. The summed E-state index contributed by atoms with van der Waals surface area (Å²) in [5, 5.41) is 12.6. The molecule has 0 aliphatic carbocycles. The summed E-state index contributed by atoms with van der Waals surface area (Å²) in [6.07, 6.45) is 0.906. The quantitative estimate of drug-likeness (QED) is 0.874. The van der Waals surface area contributed by atoms with Gasteiger partial charge < -0.3 is 4.74 Å². The van der Waals surface area contributed by atoms with Gasteiger partial charge in [-0.15, -0.1) is 0 Å². The van der Waals surface area contributed by atoms with Crippen molar-refractivity contribution < 1.29 is 4.74 Å². The number of hydrogen-bond acceptors (Lipinski definition) is 3. The molecule has 0 saturated heterocycles. The molecule has 3 heteroatoms. The van der Waals surface area contributed by atoms with E-state index in [1.54, 1.807) is 7.11 Å². The van der Waals surface area contributed by atoms with Crippen LogP contribution in [-0.4, -0.2) is 13.7 Å². The molecule has 0 radical (unpaired) electrons. The molecule has 0 fully saturated rings. The normalized spacial score (nSPS) is 11.6. The molecule has 0 amide bonds. The Morgan fingerprint density at radius 2 is 1.95 bits per heavy atom. The Hall–Kier alpha value is -2.31. The minimum atomic E-state index is -0.311. The van der Waals surface area contributed by atoms with E-state index >= 15 is 0 Å². The van der Waals surface area contributed by atoms with Crippen LogP contribution in [0.4, 0.5) is 0 Å². The lowest BCUT2D eigenvalue weighted by Gasteiger charge is -2.12. The highest BCUT2D eigenvalue weighted by Gasteiger charge is 2.10. The van der Waals surface area contributed by atoms with Crippen molar-refractivity contribution in [2.45, 2.75) is 12.5 Å². The number of benzene rings is 2. The van der Waals surface area contributed by atoms with E-state index in [0.29, 0.717) is 0 Å². The monoisotopic (exact) mass is 266 g/mol. The van der Waals surface area contributed by atoms with Gasteiger partial charge in [-0.3, -0.25) is 5.32 Å². The zero-order chi connectivity index (χ0) is 14.2. The molecular weight excluding hydrogens is 248 g/mol. The molecule has 0 saturated carbocycles. The Morgan fingerprint density at radius 3 is 2.65 bits per heavy atom. The predicted octanol–water partition coefficient (Wildman–Crippen LogP) is 3.09.